The normalized spacial score (nSPS) is 11.7. The number of alkyl carbamates (subject to hydrolysis) is 1. The van der Waals surface area contributed by atoms with Crippen LogP contribution in [0.25, 0.3) is 0 Å². The van der Waals surface area contributed by atoms with Crippen LogP contribution >= 0.6 is 0 Å². The fourth-order valence-corrected chi connectivity index (χ4v) is 3.62. The SMILES string of the molecule is C=CCC(NC(=O)OCC)C(=O)OCCCCCCCCCCCCCCCCCC. The summed E-state index contributed by atoms with van der Waals surface area (Å²) in [7, 11) is 0. The van der Waals surface area contributed by atoms with E-state index in [4.69, 9.17) is 9.47 Å². The van der Waals surface area contributed by atoms with Gasteiger partial charge in [0, 0.05) is 0 Å². The summed E-state index contributed by atoms with van der Waals surface area (Å²) in [5, 5.41) is 2.52. The molecular formula is C26H49NO4. The van der Waals surface area contributed by atoms with Crippen molar-refractivity contribution in [2.45, 2.75) is 129 Å². The molecule has 0 spiro atoms. The number of unbranched alkanes of at least 4 members (excludes halogenated alkanes) is 15. The van der Waals surface area contributed by atoms with Gasteiger partial charge in [0.15, 0.2) is 0 Å². The number of carbonyl (C=O) groups is 2. The fraction of sp³-hybridized carbons (Fsp3) is 0.846. The standard InChI is InChI=1S/C26H49NO4/c1-4-7-8-9-10-11-12-13-14-15-16-17-18-19-20-21-23-31-25(28)24(22-5-2)27-26(29)30-6-3/h5,24H,2,4,6-23H2,1,3H3,(H,27,29). The van der Waals surface area contributed by atoms with Crippen molar-refractivity contribution in [1.82, 2.24) is 5.32 Å². The van der Waals surface area contributed by atoms with Gasteiger partial charge in [0.05, 0.1) is 13.2 Å². The van der Waals surface area contributed by atoms with Crippen LogP contribution in [0.4, 0.5) is 4.79 Å². The maximum absolute atomic E-state index is 12.1. The number of amides is 1. The Morgan fingerprint density at radius 3 is 1.61 bits per heavy atom. The molecule has 1 N–H and O–H groups in total. The van der Waals surface area contributed by atoms with Crippen LogP contribution in [0, 0.1) is 0 Å². The Kier molecular flexibility index (Phi) is 22.0. The van der Waals surface area contributed by atoms with Crippen LogP contribution in [0.3, 0.4) is 0 Å². The van der Waals surface area contributed by atoms with E-state index in [1.165, 1.54) is 89.9 Å². The summed E-state index contributed by atoms with van der Waals surface area (Å²) >= 11 is 0. The molecule has 0 aliphatic heterocycles. The molecule has 0 fully saturated rings. The van der Waals surface area contributed by atoms with E-state index in [0.29, 0.717) is 13.0 Å². The minimum Gasteiger partial charge on any atom is -0.464 e. The van der Waals surface area contributed by atoms with Gasteiger partial charge in [-0.1, -0.05) is 109 Å². The van der Waals surface area contributed by atoms with Gasteiger partial charge < -0.3 is 14.8 Å². The van der Waals surface area contributed by atoms with Gasteiger partial charge in [-0.3, -0.25) is 0 Å². The van der Waals surface area contributed by atoms with Gasteiger partial charge in [0.25, 0.3) is 0 Å². The highest BCUT2D eigenvalue weighted by atomic mass is 16.6. The molecule has 182 valence electrons. The van der Waals surface area contributed by atoms with Crippen LogP contribution in [-0.2, 0) is 14.3 Å². The quantitative estimate of drug-likeness (QED) is 0.108. The monoisotopic (exact) mass is 439 g/mol. The van der Waals surface area contributed by atoms with Crippen molar-refractivity contribution in [2.24, 2.45) is 0 Å². The van der Waals surface area contributed by atoms with Crippen molar-refractivity contribution in [3.63, 3.8) is 0 Å². The Morgan fingerprint density at radius 2 is 1.19 bits per heavy atom. The molecular weight excluding hydrogens is 390 g/mol. The summed E-state index contributed by atoms with van der Waals surface area (Å²) in [5.74, 6) is -0.422. The largest absolute Gasteiger partial charge is 0.464 e. The first-order valence-corrected chi connectivity index (χ1v) is 12.9. The first-order valence-electron chi connectivity index (χ1n) is 12.9. The highest BCUT2D eigenvalue weighted by Crippen LogP contribution is 2.13. The Hall–Kier alpha value is -1.52. The zero-order valence-electron chi connectivity index (χ0n) is 20.4. The maximum Gasteiger partial charge on any atom is 0.407 e. The van der Waals surface area contributed by atoms with Crippen LogP contribution in [-0.4, -0.2) is 31.3 Å². The van der Waals surface area contributed by atoms with E-state index < -0.39 is 18.1 Å². The third kappa shape index (κ3) is 20.2. The second kappa shape index (κ2) is 23.1. The molecule has 1 amide bonds. The van der Waals surface area contributed by atoms with E-state index >= 15 is 0 Å². The molecule has 0 saturated carbocycles. The van der Waals surface area contributed by atoms with Crippen LogP contribution in [0.1, 0.15) is 123 Å². The van der Waals surface area contributed by atoms with Crippen LogP contribution in [0.2, 0.25) is 0 Å². The van der Waals surface area contributed by atoms with Crippen LogP contribution < -0.4 is 5.32 Å². The zero-order valence-corrected chi connectivity index (χ0v) is 20.4. The van der Waals surface area contributed by atoms with E-state index in [1.807, 2.05) is 0 Å². The number of ether oxygens (including phenoxy) is 2. The number of rotatable bonds is 22. The van der Waals surface area contributed by atoms with Gasteiger partial charge >= 0.3 is 12.1 Å². The molecule has 0 radical (unpaired) electrons. The molecule has 5 nitrogen and oxygen atoms in total. The Morgan fingerprint density at radius 1 is 0.742 bits per heavy atom. The summed E-state index contributed by atoms with van der Waals surface area (Å²) < 4.78 is 10.1. The van der Waals surface area contributed by atoms with E-state index in [9.17, 15) is 9.59 Å². The predicted octanol–water partition coefficient (Wildman–Crippen LogP) is 7.48. The smallest absolute Gasteiger partial charge is 0.407 e. The van der Waals surface area contributed by atoms with Gasteiger partial charge in [-0.05, 0) is 19.8 Å². The molecule has 1 unspecified atom stereocenters. The molecule has 0 heterocycles. The average Bonchev–Trinajstić information content (AvgIpc) is 2.75. The number of nitrogens with one attached hydrogen (secondary N) is 1. The lowest BCUT2D eigenvalue weighted by atomic mass is 10.0. The molecule has 0 rings (SSSR count). The number of carbonyl (C=O) groups excluding carboxylic acids is 2. The van der Waals surface area contributed by atoms with Crippen LogP contribution in [0.5, 0.6) is 0 Å². The summed E-state index contributed by atoms with van der Waals surface area (Å²) in [6.45, 7) is 8.27. The molecule has 0 aliphatic carbocycles. The molecule has 0 saturated heterocycles. The van der Waals surface area contributed by atoms with E-state index in [2.05, 4.69) is 18.8 Å². The lowest BCUT2D eigenvalue weighted by molar-refractivity contribution is -0.146. The summed E-state index contributed by atoms with van der Waals surface area (Å²) in [4.78, 5) is 23.6. The first kappa shape index (κ1) is 29.5. The first-order chi connectivity index (χ1) is 15.2. The molecule has 0 aliphatic rings. The Balaban J connectivity index is 3.47. The third-order valence-electron chi connectivity index (χ3n) is 5.50. The molecule has 0 aromatic carbocycles. The molecule has 0 aromatic heterocycles. The summed E-state index contributed by atoms with van der Waals surface area (Å²) in [6.07, 6.45) is 22.3. The fourth-order valence-electron chi connectivity index (χ4n) is 3.62. The second-order valence-electron chi connectivity index (χ2n) is 8.41. The highest BCUT2D eigenvalue weighted by Gasteiger charge is 2.21. The Labute approximate surface area is 191 Å². The minimum absolute atomic E-state index is 0.265. The minimum atomic E-state index is -0.724. The molecule has 1 atom stereocenters. The van der Waals surface area contributed by atoms with Gasteiger partial charge in [-0.25, -0.2) is 9.59 Å². The number of esters is 1. The summed E-state index contributed by atoms with van der Waals surface area (Å²) in [6, 6.07) is -0.724. The topological polar surface area (TPSA) is 64.6 Å². The maximum atomic E-state index is 12.1. The average molecular weight is 440 g/mol. The van der Waals surface area contributed by atoms with E-state index in [0.717, 1.165) is 12.8 Å². The summed E-state index contributed by atoms with van der Waals surface area (Å²) in [5.41, 5.74) is 0. The lowest BCUT2D eigenvalue weighted by Gasteiger charge is -2.15. The van der Waals surface area contributed by atoms with Gasteiger partial charge in [-0.15, -0.1) is 6.58 Å². The third-order valence-corrected chi connectivity index (χ3v) is 5.50. The molecule has 0 aromatic rings. The Bertz CT molecular complexity index is 439. The van der Waals surface area contributed by atoms with E-state index in [1.54, 1.807) is 13.0 Å². The highest BCUT2D eigenvalue weighted by molar-refractivity contribution is 5.81. The zero-order chi connectivity index (χ0) is 23.0. The number of hydrogen-bond donors (Lipinski definition) is 1. The van der Waals surface area contributed by atoms with E-state index in [-0.39, 0.29) is 6.61 Å². The van der Waals surface area contributed by atoms with Crippen molar-refractivity contribution < 1.29 is 19.1 Å². The lowest BCUT2D eigenvalue weighted by Crippen LogP contribution is -2.41. The van der Waals surface area contributed by atoms with Crippen molar-refractivity contribution in [3.05, 3.63) is 12.7 Å². The van der Waals surface area contributed by atoms with Gasteiger partial charge in [0.1, 0.15) is 6.04 Å². The predicted molar refractivity (Wildman–Crippen MR) is 129 cm³/mol. The molecule has 0 bridgehead atoms. The van der Waals surface area contributed by atoms with Gasteiger partial charge in [0.2, 0.25) is 0 Å². The van der Waals surface area contributed by atoms with Crippen molar-refractivity contribution in [2.75, 3.05) is 13.2 Å². The second-order valence-corrected chi connectivity index (χ2v) is 8.41. The van der Waals surface area contributed by atoms with Crippen molar-refractivity contribution in [1.29, 1.82) is 0 Å². The molecule has 31 heavy (non-hydrogen) atoms. The van der Waals surface area contributed by atoms with Crippen molar-refractivity contribution >= 4 is 12.1 Å². The molecule has 5 heteroatoms. The number of hydrogen-bond acceptors (Lipinski definition) is 4. The van der Waals surface area contributed by atoms with Crippen molar-refractivity contribution in [3.8, 4) is 0 Å². The van der Waals surface area contributed by atoms with Gasteiger partial charge in [-0.2, -0.15) is 0 Å². The van der Waals surface area contributed by atoms with Crippen LogP contribution in [0.15, 0.2) is 12.7 Å².